The summed E-state index contributed by atoms with van der Waals surface area (Å²) in [4.78, 5) is 14.5. The molecule has 0 spiro atoms. The number of halogens is 1. The molecule has 1 amide bonds. The summed E-state index contributed by atoms with van der Waals surface area (Å²) in [6.45, 7) is 3.00. The number of fused-ring (bicyclic) bond motifs is 2. The summed E-state index contributed by atoms with van der Waals surface area (Å²) in [5, 5.41) is 11.4. The van der Waals surface area contributed by atoms with Gasteiger partial charge in [-0.25, -0.2) is 9.18 Å². The van der Waals surface area contributed by atoms with E-state index in [1.807, 2.05) is 37.3 Å². The Labute approximate surface area is 175 Å². The van der Waals surface area contributed by atoms with Gasteiger partial charge in [0.2, 0.25) is 0 Å². The summed E-state index contributed by atoms with van der Waals surface area (Å²) in [5.74, 6) is -0.0810. The van der Waals surface area contributed by atoms with Crippen LogP contribution >= 0.6 is 0 Å². The number of carbonyl (C=O) groups is 1. The van der Waals surface area contributed by atoms with Crippen molar-refractivity contribution in [1.29, 1.82) is 0 Å². The summed E-state index contributed by atoms with van der Waals surface area (Å²) >= 11 is 0. The first-order valence-corrected chi connectivity index (χ1v) is 10.2. The molecule has 2 saturated heterocycles. The van der Waals surface area contributed by atoms with Gasteiger partial charge >= 0.3 is 6.09 Å². The number of hydrogen-bond acceptors (Lipinski definition) is 5. The highest BCUT2D eigenvalue weighted by Crippen LogP contribution is 2.42. The molecule has 0 aliphatic carbocycles. The quantitative estimate of drug-likeness (QED) is 0.808. The number of piperidine rings is 1. The number of ether oxygens (including phenoxy) is 3. The van der Waals surface area contributed by atoms with Crippen LogP contribution in [0.3, 0.4) is 0 Å². The van der Waals surface area contributed by atoms with E-state index in [9.17, 15) is 14.3 Å². The molecule has 2 aliphatic heterocycles. The molecule has 0 aromatic heterocycles. The van der Waals surface area contributed by atoms with Gasteiger partial charge in [-0.15, -0.1) is 0 Å². The van der Waals surface area contributed by atoms with Gasteiger partial charge in [0.05, 0.1) is 37.5 Å². The minimum atomic E-state index is -1.27. The molecule has 2 heterocycles. The van der Waals surface area contributed by atoms with Gasteiger partial charge in [0.1, 0.15) is 18.2 Å². The molecule has 2 aromatic rings. The van der Waals surface area contributed by atoms with E-state index in [-0.39, 0.29) is 31.5 Å². The van der Waals surface area contributed by atoms with Gasteiger partial charge in [-0.3, -0.25) is 4.90 Å². The first kappa shape index (κ1) is 20.6. The number of hydrogen-bond donors (Lipinski definition) is 1. The van der Waals surface area contributed by atoms with Crippen molar-refractivity contribution in [2.45, 2.75) is 44.1 Å². The van der Waals surface area contributed by atoms with Crippen LogP contribution in [-0.2, 0) is 21.7 Å². The summed E-state index contributed by atoms with van der Waals surface area (Å²) < 4.78 is 30.7. The summed E-state index contributed by atoms with van der Waals surface area (Å²) in [7, 11) is 0. The number of carbonyl (C=O) groups excluding carboxylic acids is 1. The van der Waals surface area contributed by atoms with Crippen LogP contribution in [0.25, 0.3) is 0 Å². The summed E-state index contributed by atoms with van der Waals surface area (Å²) in [6.07, 6.45) is 0.0474. The fourth-order valence-corrected chi connectivity index (χ4v) is 4.39. The van der Waals surface area contributed by atoms with E-state index in [0.29, 0.717) is 31.1 Å². The smallest absolute Gasteiger partial charge is 0.410 e. The number of rotatable bonds is 5. The molecule has 7 heteroatoms. The van der Waals surface area contributed by atoms with Gasteiger partial charge < -0.3 is 19.3 Å². The highest BCUT2D eigenvalue weighted by Gasteiger charge is 2.49. The zero-order chi connectivity index (χ0) is 21.1. The van der Waals surface area contributed by atoms with E-state index in [1.54, 1.807) is 11.0 Å². The Kier molecular flexibility index (Phi) is 5.92. The number of benzene rings is 2. The number of morpholine rings is 1. The minimum Gasteiger partial charge on any atom is -0.494 e. The Hall–Kier alpha value is -2.64. The predicted molar refractivity (Wildman–Crippen MR) is 108 cm³/mol. The maximum atomic E-state index is 14.1. The summed E-state index contributed by atoms with van der Waals surface area (Å²) in [6, 6.07) is 13.1. The van der Waals surface area contributed by atoms with Crippen LogP contribution in [0.15, 0.2) is 48.5 Å². The van der Waals surface area contributed by atoms with Crippen molar-refractivity contribution in [3.05, 3.63) is 65.5 Å². The Morgan fingerprint density at radius 3 is 2.57 bits per heavy atom. The van der Waals surface area contributed by atoms with Gasteiger partial charge in [0.15, 0.2) is 0 Å². The van der Waals surface area contributed by atoms with E-state index >= 15 is 0 Å². The molecule has 0 saturated carbocycles. The van der Waals surface area contributed by atoms with Crippen molar-refractivity contribution in [3.8, 4) is 5.75 Å². The molecule has 2 atom stereocenters. The molecule has 2 fully saturated rings. The molecule has 2 bridgehead atoms. The second-order valence-corrected chi connectivity index (χ2v) is 7.84. The molecule has 160 valence electrons. The largest absolute Gasteiger partial charge is 0.494 e. The normalized spacial score (nSPS) is 25.6. The van der Waals surface area contributed by atoms with Crippen LogP contribution in [0, 0.1) is 5.82 Å². The Balaban J connectivity index is 1.51. The topological polar surface area (TPSA) is 68.2 Å². The van der Waals surface area contributed by atoms with Crippen LogP contribution in [-0.4, -0.2) is 48.0 Å². The predicted octanol–water partition coefficient (Wildman–Crippen LogP) is 3.61. The fraction of sp³-hybridized carbons (Fsp3) is 0.435. The van der Waals surface area contributed by atoms with Crippen LogP contribution < -0.4 is 4.74 Å². The van der Waals surface area contributed by atoms with E-state index < -0.39 is 17.5 Å². The molecule has 2 aliphatic rings. The van der Waals surface area contributed by atoms with Gasteiger partial charge in [-0.1, -0.05) is 30.3 Å². The van der Waals surface area contributed by atoms with Crippen LogP contribution in [0.2, 0.25) is 0 Å². The lowest BCUT2D eigenvalue weighted by atomic mass is 9.77. The molecule has 1 N–H and O–H groups in total. The Bertz CT molecular complexity index is 876. The van der Waals surface area contributed by atoms with E-state index in [1.165, 1.54) is 12.1 Å². The molecule has 2 unspecified atom stereocenters. The average molecular weight is 415 g/mol. The standard InChI is InChI=1S/C23H26FNO5/c1-2-29-21-9-17(8-18(24)10-21)23(27)11-19-14-28-15-20(12-23)25(19)22(26)30-13-16-6-4-3-5-7-16/h3-10,19-20,27H,2,11-15H2,1H3. The van der Waals surface area contributed by atoms with Gasteiger partial charge in [-0.05, 0) is 30.2 Å². The van der Waals surface area contributed by atoms with Crippen LogP contribution in [0.1, 0.15) is 30.9 Å². The first-order valence-electron chi connectivity index (χ1n) is 10.2. The van der Waals surface area contributed by atoms with Crippen molar-refractivity contribution in [2.24, 2.45) is 0 Å². The second-order valence-electron chi connectivity index (χ2n) is 7.84. The maximum absolute atomic E-state index is 14.1. The molecule has 6 nitrogen and oxygen atoms in total. The van der Waals surface area contributed by atoms with Crippen molar-refractivity contribution in [3.63, 3.8) is 0 Å². The average Bonchev–Trinajstić information content (AvgIpc) is 2.72. The van der Waals surface area contributed by atoms with Crippen molar-refractivity contribution >= 4 is 6.09 Å². The lowest BCUT2D eigenvalue weighted by Gasteiger charge is -2.51. The lowest BCUT2D eigenvalue weighted by Crippen LogP contribution is -2.62. The zero-order valence-corrected chi connectivity index (χ0v) is 16.9. The minimum absolute atomic E-state index is 0.183. The lowest BCUT2D eigenvalue weighted by molar-refractivity contribution is -0.137. The van der Waals surface area contributed by atoms with E-state index in [4.69, 9.17) is 14.2 Å². The van der Waals surface area contributed by atoms with Crippen LogP contribution in [0.5, 0.6) is 5.75 Å². The number of amides is 1. The third-order valence-corrected chi connectivity index (χ3v) is 5.69. The molecule has 30 heavy (non-hydrogen) atoms. The van der Waals surface area contributed by atoms with E-state index in [0.717, 1.165) is 5.56 Å². The highest BCUT2D eigenvalue weighted by atomic mass is 19.1. The monoisotopic (exact) mass is 415 g/mol. The Morgan fingerprint density at radius 1 is 1.20 bits per heavy atom. The molecular weight excluding hydrogens is 389 g/mol. The SMILES string of the molecule is CCOc1cc(F)cc(C2(O)CC3COCC(C2)N3C(=O)OCc2ccccc2)c1. The van der Waals surface area contributed by atoms with Crippen molar-refractivity contribution in [1.82, 2.24) is 4.90 Å². The molecule has 0 radical (unpaired) electrons. The zero-order valence-electron chi connectivity index (χ0n) is 16.9. The van der Waals surface area contributed by atoms with Gasteiger partial charge in [0, 0.05) is 18.9 Å². The van der Waals surface area contributed by atoms with Crippen molar-refractivity contribution < 1.29 is 28.5 Å². The van der Waals surface area contributed by atoms with Gasteiger partial charge in [-0.2, -0.15) is 0 Å². The maximum Gasteiger partial charge on any atom is 0.410 e. The molecule has 2 aromatic carbocycles. The highest BCUT2D eigenvalue weighted by molar-refractivity contribution is 5.69. The number of aliphatic hydroxyl groups is 1. The third kappa shape index (κ3) is 4.27. The number of nitrogens with zero attached hydrogens (tertiary/aromatic N) is 1. The first-order chi connectivity index (χ1) is 14.5. The summed E-state index contributed by atoms with van der Waals surface area (Å²) in [5.41, 5.74) is 0.0904. The van der Waals surface area contributed by atoms with Crippen LogP contribution in [0.4, 0.5) is 9.18 Å². The molecule has 4 rings (SSSR count). The van der Waals surface area contributed by atoms with Gasteiger partial charge in [0.25, 0.3) is 0 Å². The Morgan fingerprint density at radius 2 is 1.90 bits per heavy atom. The van der Waals surface area contributed by atoms with E-state index in [2.05, 4.69) is 0 Å². The third-order valence-electron chi connectivity index (χ3n) is 5.69. The molecular formula is C23H26FNO5. The van der Waals surface area contributed by atoms with Crippen molar-refractivity contribution in [2.75, 3.05) is 19.8 Å². The second kappa shape index (κ2) is 8.62. The fourth-order valence-electron chi connectivity index (χ4n) is 4.39.